The summed E-state index contributed by atoms with van der Waals surface area (Å²) in [4.78, 5) is 30.1. The van der Waals surface area contributed by atoms with Crippen LogP contribution in [0.4, 0.5) is 18.9 Å². The Labute approximate surface area is 224 Å². The van der Waals surface area contributed by atoms with Crippen LogP contribution in [0.1, 0.15) is 72.5 Å². The molecular weight excluding hydrogens is 512 g/mol. The minimum absolute atomic E-state index is 0.0941. The van der Waals surface area contributed by atoms with Gasteiger partial charge in [0.25, 0.3) is 11.5 Å². The molecule has 6 nitrogen and oxygen atoms in total. The van der Waals surface area contributed by atoms with Crippen molar-refractivity contribution in [1.29, 1.82) is 0 Å². The maximum absolute atomic E-state index is 15.1. The number of rotatable bonds is 9. The van der Waals surface area contributed by atoms with E-state index in [1.165, 1.54) is 29.5 Å². The van der Waals surface area contributed by atoms with Gasteiger partial charge in [-0.3, -0.25) is 9.59 Å². The highest BCUT2D eigenvalue weighted by molar-refractivity contribution is 7.16. The van der Waals surface area contributed by atoms with Crippen molar-refractivity contribution in [3.05, 3.63) is 63.3 Å². The lowest BCUT2D eigenvalue weighted by Gasteiger charge is -2.34. The number of aromatic nitrogens is 1. The summed E-state index contributed by atoms with van der Waals surface area (Å²) in [7, 11) is 5.34. The van der Waals surface area contributed by atoms with E-state index in [2.05, 4.69) is 5.32 Å². The zero-order valence-corrected chi connectivity index (χ0v) is 23.5. The van der Waals surface area contributed by atoms with Crippen LogP contribution in [0.3, 0.4) is 0 Å². The monoisotopic (exact) mass is 550 g/mol. The molecule has 2 heterocycles. The SMILES string of the molecule is C[C@H](c1cccc(C(F)P)c1F)N(C)C(=O)c1cn(CCC2CCC2)c(=O)cc1N[C@@H]1CCN(C)C[C@@H]1F. The van der Waals surface area contributed by atoms with E-state index in [4.69, 9.17) is 0 Å². The van der Waals surface area contributed by atoms with Gasteiger partial charge in [0.15, 0.2) is 0 Å². The van der Waals surface area contributed by atoms with Crippen LogP contribution in [0.25, 0.3) is 0 Å². The van der Waals surface area contributed by atoms with Crippen LogP contribution in [0.2, 0.25) is 0 Å². The third-order valence-electron chi connectivity index (χ3n) is 8.15. The number of carbonyl (C=O) groups is 1. The Bertz CT molecular complexity index is 1200. The van der Waals surface area contributed by atoms with Crippen LogP contribution in [0.5, 0.6) is 0 Å². The fourth-order valence-corrected chi connectivity index (χ4v) is 5.50. The van der Waals surface area contributed by atoms with Crippen LogP contribution in [0, 0.1) is 11.7 Å². The second kappa shape index (κ2) is 12.2. The number of likely N-dealkylation sites (tertiary alicyclic amines) is 1. The molecule has 0 bridgehead atoms. The number of piperidine rings is 1. The Morgan fingerprint density at radius 1 is 1.26 bits per heavy atom. The first-order chi connectivity index (χ1) is 18.1. The van der Waals surface area contributed by atoms with Gasteiger partial charge in [-0.2, -0.15) is 0 Å². The summed E-state index contributed by atoms with van der Waals surface area (Å²) in [5.74, 6) is -2.12. The predicted octanol–water partition coefficient (Wildman–Crippen LogP) is 5.31. The molecule has 1 N–H and O–H groups in total. The fourth-order valence-electron chi connectivity index (χ4n) is 5.24. The van der Waals surface area contributed by atoms with E-state index in [1.807, 2.05) is 21.2 Å². The first-order valence-corrected chi connectivity index (χ1v) is 14.0. The van der Waals surface area contributed by atoms with Gasteiger partial charge in [0.05, 0.1) is 23.3 Å². The largest absolute Gasteiger partial charge is 0.378 e. The second-order valence-corrected chi connectivity index (χ2v) is 11.4. The Morgan fingerprint density at radius 2 is 1.97 bits per heavy atom. The van der Waals surface area contributed by atoms with Crippen LogP contribution in [-0.4, -0.2) is 59.7 Å². The van der Waals surface area contributed by atoms with E-state index >= 15 is 4.39 Å². The van der Waals surface area contributed by atoms with Gasteiger partial charge in [-0.1, -0.05) is 46.7 Å². The van der Waals surface area contributed by atoms with Crippen LogP contribution in [-0.2, 0) is 6.54 Å². The Kier molecular flexibility index (Phi) is 9.19. The normalized spacial score (nSPS) is 22.0. The maximum Gasteiger partial charge on any atom is 0.257 e. The zero-order valence-electron chi connectivity index (χ0n) is 22.3. The number of amides is 1. The van der Waals surface area contributed by atoms with Crippen molar-refractivity contribution in [1.82, 2.24) is 14.4 Å². The molecule has 0 radical (unpaired) electrons. The molecule has 38 heavy (non-hydrogen) atoms. The van der Waals surface area contributed by atoms with E-state index in [0.717, 1.165) is 19.3 Å². The summed E-state index contributed by atoms with van der Waals surface area (Å²) >= 11 is 0. The van der Waals surface area contributed by atoms with E-state index in [1.54, 1.807) is 30.8 Å². The molecule has 2 fully saturated rings. The molecular formula is C28H38F3N4O2P. The maximum atomic E-state index is 15.1. The fraction of sp³-hybridized carbons (Fsp3) is 0.571. The number of anilines is 1. The molecule has 0 spiro atoms. The minimum Gasteiger partial charge on any atom is -0.378 e. The van der Waals surface area contributed by atoms with Gasteiger partial charge < -0.3 is 19.7 Å². The molecule has 2 unspecified atom stereocenters. The highest BCUT2D eigenvalue weighted by Crippen LogP contribution is 2.33. The van der Waals surface area contributed by atoms with Crippen molar-refractivity contribution in [3.63, 3.8) is 0 Å². The lowest BCUT2D eigenvalue weighted by atomic mass is 9.83. The van der Waals surface area contributed by atoms with Crippen molar-refractivity contribution in [2.24, 2.45) is 5.92 Å². The highest BCUT2D eigenvalue weighted by Gasteiger charge is 2.31. The average Bonchev–Trinajstić information content (AvgIpc) is 2.84. The summed E-state index contributed by atoms with van der Waals surface area (Å²) in [6, 6.07) is 4.59. The van der Waals surface area contributed by atoms with Crippen molar-refractivity contribution >= 4 is 20.8 Å². The minimum atomic E-state index is -1.57. The second-order valence-electron chi connectivity index (χ2n) is 10.8. The topological polar surface area (TPSA) is 57.6 Å². The number of pyridine rings is 1. The predicted molar refractivity (Wildman–Crippen MR) is 148 cm³/mol. The molecule has 5 atom stereocenters. The van der Waals surface area contributed by atoms with E-state index < -0.39 is 35.9 Å². The standard InChI is InChI=1S/C28H38F3N4O2P/c1-17(19-8-5-9-20(26(19)30)27(31)38)34(3)28(37)21-15-35(13-10-18-6-4-7-18)25(36)14-24(21)32-23-11-12-33(2)16-22(23)29/h5,8-9,14-15,17-18,22-23,27,32H,4,6-7,10-13,16,38H2,1-3H3/t17-,22+,23-,27?/m1/s1. The summed E-state index contributed by atoms with van der Waals surface area (Å²) in [5, 5.41) is 3.14. The number of hydrogen-bond donors (Lipinski definition) is 1. The first-order valence-electron chi connectivity index (χ1n) is 13.4. The van der Waals surface area contributed by atoms with Crippen LogP contribution >= 0.6 is 9.24 Å². The molecule has 1 aromatic carbocycles. The van der Waals surface area contributed by atoms with Gasteiger partial charge in [0.2, 0.25) is 0 Å². The quantitative estimate of drug-likeness (QED) is 0.430. The Hall–Kier alpha value is -2.38. The average molecular weight is 551 g/mol. The number of halogens is 3. The lowest BCUT2D eigenvalue weighted by molar-refractivity contribution is 0.0739. The van der Waals surface area contributed by atoms with Crippen molar-refractivity contribution in [2.75, 3.05) is 32.5 Å². The summed E-state index contributed by atoms with van der Waals surface area (Å²) in [6.45, 7) is 3.12. The van der Waals surface area contributed by atoms with E-state index in [9.17, 15) is 18.4 Å². The summed E-state index contributed by atoms with van der Waals surface area (Å²) in [6.07, 6.45) is 5.26. The number of aryl methyl sites for hydroxylation is 1. The molecule has 208 valence electrons. The Balaban J connectivity index is 1.65. The van der Waals surface area contributed by atoms with Crippen molar-refractivity contribution in [2.45, 2.75) is 69.7 Å². The zero-order chi connectivity index (χ0) is 27.6. The summed E-state index contributed by atoms with van der Waals surface area (Å²) in [5.41, 5.74) is 0.346. The van der Waals surface area contributed by atoms with Crippen molar-refractivity contribution < 1.29 is 18.0 Å². The highest BCUT2D eigenvalue weighted by atomic mass is 31.0. The molecule has 1 aliphatic carbocycles. The van der Waals surface area contributed by atoms with E-state index in [-0.39, 0.29) is 34.5 Å². The van der Waals surface area contributed by atoms with Gasteiger partial charge in [0, 0.05) is 50.1 Å². The third kappa shape index (κ3) is 6.26. The lowest BCUT2D eigenvalue weighted by Crippen LogP contribution is -2.46. The smallest absolute Gasteiger partial charge is 0.257 e. The number of hydrogen-bond acceptors (Lipinski definition) is 4. The van der Waals surface area contributed by atoms with Crippen LogP contribution < -0.4 is 10.9 Å². The van der Waals surface area contributed by atoms with Gasteiger partial charge in [-0.05, 0) is 32.7 Å². The number of benzene rings is 1. The van der Waals surface area contributed by atoms with Gasteiger partial charge in [0.1, 0.15) is 17.9 Å². The number of nitrogens with one attached hydrogen (secondary N) is 1. The van der Waals surface area contributed by atoms with Gasteiger partial charge in [-0.15, -0.1) is 0 Å². The molecule has 2 aliphatic rings. The number of alkyl halides is 2. The van der Waals surface area contributed by atoms with Gasteiger partial charge >= 0.3 is 0 Å². The van der Waals surface area contributed by atoms with Gasteiger partial charge in [-0.25, -0.2) is 13.2 Å². The number of nitrogens with zero attached hydrogens (tertiary/aromatic N) is 3. The van der Waals surface area contributed by atoms with Crippen molar-refractivity contribution in [3.8, 4) is 0 Å². The summed E-state index contributed by atoms with van der Waals surface area (Å²) < 4.78 is 45.4. The molecule has 10 heteroatoms. The molecule has 1 saturated carbocycles. The molecule has 2 aromatic rings. The van der Waals surface area contributed by atoms with E-state index in [0.29, 0.717) is 25.4 Å². The molecule has 1 saturated heterocycles. The molecule has 1 aliphatic heterocycles. The molecule has 1 aromatic heterocycles. The Morgan fingerprint density at radius 3 is 2.61 bits per heavy atom. The first kappa shape index (κ1) is 28.6. The molecule has 4 rings (SSSR count). The molecule has 1 amide bonds. The van der Waals surface area contributed by atoms with Crippen LogP contribution in [0.15, 0.2) is 35.3 Å². The number of carbonyl (C=O) groups excluding carboxylic acids is 1. The third-order valence-corrected chi connectivity index (χ3v) is 8.51.